The number of hydrogen-bond acceptors (Lipinski definition) is 3. The molecule has 3 nitrogen and oxygen atoms in total. The van der Waals surface area contributed by atoms with Crippen LogP contribution in [0.25, 0.3) is 0 Å². The van der Waals surface area contributed by atoms with Crippen LogP contribution in [0.3, 0.4) is 0 Å². The van der Waals surface area contributed by atoms with E-state index in [0.29, 0.717) is 17.1 Å². The average Bonchev–Trinajstić information content (AvgIpc) is 2.48. The highest BCUT2D eigenvalue weighted by Gasteiger charge is 2.12. The van der Waals surface area contributed by atoms with Crippen LogP contribution in [0.5, 0.6) is 11.5 Å². The summed E-state index contributed by atoms with van der Waals surface area (Å²) >= 11 is 5.92. The minimum Gasteiger partial charge on any atom is -0.497 e. The Morgan fingerprint density at radius 1 is 1.29 bits per heavy atom. The van der Waals surface area contributed by atoms with Crippen molar-refractivity contribution in [1.82, 2.24) is 0 Å². The number of nitrogens with two attached hydrogens (primary N) is 1. The van der Waals surface area contributed by atoms with Crippen LogP contribution < -0.4 is 15.2 Å². The van der Waals surface area contributed by atoms with Crippen LogP contribution >= 0.6 is 11.6 Å². The third-order valence-electron chi connectivity index (χ3n) is 3.13. The molecule has 0 saturated heterocycles. The van der Waals surface area contributed by atoms with Crippen molar-refractivity contribution in [2.75, 3.05) is 7.11 Å². The minimum absolute atomic E-state index is 0.0720. The van der Waals surface area contributed by atoms with Crippen LogP contribution in [-0.2, 0) is 6.61 Å². The van der Waals surface area contributed by atoms with Crippen LogP contribution in [-0.4, -0.2) is 7.11 Å². The van der Waals surface area contributed by atoms with Gasteiger partial charge in [-0.05, 0) is 19.1 Å². The molecule has 2 N–H and O–H groups in total. The Morgan fingerprint density at radius 3 is 2.71 bits per heavy atom. The van der Waals surface area contributed by atoms with Crippen LogP contribution in [0.15, 0.2) is 36.4 Å². The lowest BCUT2D eigenvalue weighted by atomic mass is 10.1. The molecule has 2 aromatic carbocycles. The lowest BCUT2D eigenvalue weighted by molar-refractivity contribution is 0.298. The van der Waals surface area contributed by atoms with E-state index in [2.05, 4.69) is 0 Å². The van der Waals surface area contributed by atoms with Gasteiger partial charge in [0.25, 0.3) is 0 Å². The number of halogens is 2. The summed E-state index contributed by atoms with van der Waals surface area (Å²) in [5.74, 6) is 0.806. The van der Waals surface area contributed by atoms with Gasteiger partial charge in [-0.25, -0.2) is 4.39 Å². The molecular weight excluding hydrogens is 293 g/mol. The molecule has 2 aromatic rings. The van der Waals surface area contributed by atoms with Crippen LogP contribution in [0.4, 0.5) is 4.39 Å². The van der Waals surface area contributed by atoms with Crippen molar-refractivity contribution in [3.63, 3.8) is 0 Å². The summed E-state index contributed by atoms with van der Waals surface area (Å²) in [5, 5.41) is 0.0720. The zero-order chi connectivity index (χ0) is 15.4. The van der Waals surface area contributed by atoms with E-state index < -0.39 is 5.82 Å². The molecule has 0 aliphatic carbocycles. The third kappa shape index (κ3) is 3.65. The maximum atomic E-state index is 13.4. The lowest BCUT2D eigenvalue weighted by Crippen LogP contribution is -2.08. The van der Waals surface area contributed by atoms with Gasteiger partial charge in [0, 0.05) is 23.2 Å². The second-order valence-corrected chi connectivity index (χ2v) is 5.07. The molecule has 112 valence electrons. The number of benzene rings is 2. The predicted octanol–water partition coefficient (Wildman–Crippen LogP) is 4.09. The zero-order valence-corrected chi connectivity index (χ0v) is 12.7. The number of methoxy groups -OCH3 is 1. The molecule has 21 heavy (non-hydrogen) atoms. The van der Waals surface area contributed by atoms with E-state index in [1.165, 1.54) is 6.07 Å². The highest BCUT2D eigenvalue weighted by Crippen LogP contribution is 2.30. The molecule has 1 atom stereocenters. The topological polar surface area (TPSA) is 44.5 Å². The van der Waals surface area contributed by atoms with Crippen molar-refractivity contribution in [3.05, 3.63) is 58.4 Å². The highest BCUT2D eigenvalue weighted by molar-refractivity contribution is 6.31. The molecule has 0 unspecified atom stereocenters. The normalized spacial score (nSPS) is 12.0. The van der Waals surface area contributed by atoms with Gasteiger partial charge in [0.15, 0.2) is 0 Å². The van der Waals surface area contributed by atoms with Gasteiger partial charge in [0.2, 0.25) is 0 Å². The molecule has 0 spiro atoms. The first-order chi connectivity index (χ1) is 10.0. The molecule has 0 saturated carbocycles. The summed E-state index contributed by atoms with van der Waals surface area (Å²) < 4.78 is 24.3. The third-order valence-corrected chi connectivity index (χ3v) is 3.55. The summed E-state index contributed by atoms with van der Waals surface area (Å²) in [6.07, 6.45) is 0. The van der Waals surface area contributed by atoms with Gasteiger partial charge < -0.3 is 15.2 Å². The fraction of sp³-hybridized carbons (Fsp3) is 0.250. The van der Waals surface area contributed by atoms with Crippen molar-refractivity contribution in [1.29, 1.82) is 0 Å². The quantitative estimate of drug-likeness (QED) is 0.905. The summed E-state index contributed by atoms with van der Waals surface area (Å²) in [4.78, 5) is 0. The SMILES string of the molecule is COc1ccc([C@@H](C)N)c(OCc2cccc(F)c2Cl)c1. The molecule has 5 heteroatoms. The maximum absolute atomic E-state index is 13.4. The maximum Gasteiger partial charge on any atom is 0.142 e. The molecule has 0 bridgehead atoms. The Kier molecular flexibility index (Phi) is 5.04. The van der Waals surface area contributed by atoms with Crippen molar-refractivity contribution < 1.29 is 13.9 Å². The predicted molar refractivity (Wildman–Crippen MR) is 81.3 cm³/mol. The van der Waals surface area contributed by atoms with Gasteiger partial charge >= 0.3 is 0 Å². The van der Waals surface area contributed by atoms with Crippen LogP contribution in [0, 0.1) is 5.82 Å². The summed E-state index contributed by atoms with van der Waals surface area (Å²) in [6.45, 7) is 2.02. The average molecular weight is 310 g/mol. The molecule has 0 aromatic heterocycles. The van der Waals surface area contributed by atoms with Gasteiger partial charge in [0.1, 0.15) is 23.9 Å². The molecule has 0 aliphatic rings. The van der Waals surface area contributed by atoms with Gasteiger partial charge in [-0.3, -0.25) is 0 Å². The Morgan fingerprint density at radius 2 is 2.05 bits per heavy atom. The van der Waals surface area contributed by atoms with Crippen LogP contribution in [0.1, 0.15) is 24.1 Å². The number of hydrogen-bond donors (Lipinski definition) is 1. The van der Waals surface area contributed by atoms with Crippen LogP contribution in [0.2, 0.25) is 5.02 Å². The van der Waals surface area contributed by atoms with E-state index in [0.717, 1.165) is 5.56 Å². The Bertz CT molecular complexity index is 632. The Hall–Kier alpha value is -1.78. The van der Waals surface area contributed by atoms with E-state index in [4.69, 9.17) is 26.8 Å². The molecule has 0 aliphatic heterocycles. The standard InChI is InChI=1S/C16H17ClFNO2/c1-10(19)13-7-6-12(20-2)8-15(13)21-9-11-4-3-5-14(18)16(11)17/h3-8,10H,9,19H2,1-2H3/t10-/m1/s1. The van der Waals surface area contributed by atoms with Crippen molar-refractivity contribution >= 4 is 11.6 Å². The molecule has 0 radical (unpaired) electrons. The zero-order valence-electron chi connectivity index (χ0n) is 11.9. The van der Waals surface area contributed by atoms with Crippen molar-refractivity contribution in [2.24, 2.45) is 5.73 Å². The van der Waals surface area contributed by atoms with Crippen molar-refractivity contribution in [2.45, 2.75) is 19.6 Å². The monoisotopic (exact) mass is 309 g/mol. The number of ether oxygens (including phenoxy) is 2. The second kappa shape index (κ2) is 6.78. The van der Waals surface area contributed by atoms with Gasteiger partial charge in [-0.15, -0.1) is 0 Å². The molecule has 0 heterocycles. The van der Waals surface area contributed by atoms with Gasteiger partial charge in [0.05, 0.1) is 12.1 Å². The first-order valence-electron chi connectivity index (χ1n) is 6.52. The van der Waals surface area contributed by atoms with Gasteiger partial charge in [-0.2, -0.15) is 0 Å². The molecule has 0 fully saturated rings. The smallest absolute Gasteiger partial charge is 0.142 e. The van der Waals surface area contributed by atoms with Crippen molar-refractivity contribution in [3.8, 4) is 11.5 Å². The molecule has 2 rings (SSSR count). The fourth-order valence-electron chi connectivity index (χ4n) is 1.96. The van der Waals surface area contributed by atoms with E-state index in [1.54, 1.807) is 25.3 Å². The Balaban J connectivity index is 2.24. The van der Waals surface area contributed by atoms with E-state index in [1.807, 2.05) is 19.1 Å². The summed E-state index contributed by atoms with van der Waals surface area (Å²) in [6, 6.07) is 9.87. The van der Waals surface area contributed by atoms with E-state index in [9.17, 15) is 4.39 Å². The van der Waals surface area contributed by atoms with E-state index >= 15 is 0 Å². The lowest BCUT2D eigenvalue weighted by Gasteiger charge is -2.16. The van der Waals surface area contributed by atoms with Gasteiger partial charge in [-0.1, -0.05) is 29.8 Å². The first-order valence-corrected chi connectivity index (χ1v) is 6.90. The minimum atomic E-state index is -0.462. The summed E-state index contributed by atoms with van der Waals surface area (Å²) in [7, 11) is 1.58. The summed E-state index contributed by atoms with van der Waals surface area (Å²) in [5.41, 5.74) is 7.35. The van der Waals surface area contributed by atoms with E-state index in [-0.39, 0.29) is 17.7 Å². The molecule has 0 amide bonds. The second-order valence-electron chi connectivity index (χ2n) is 4.69. The largest absolute Gasteiger partial charge is 0.497 e. The first kappa shape index (κ1) is 15.6. The Labute approximate surface area is 128 Å². The number of rotatable bonds is 5. The highest BCUT2D eigenvalue weighted by atomic mass is 35.5. The molecular formula is C16H17ClFNO2. The fourth-order valence-corrected chi connectivity index (χ4v) is 2.14.